The van der Waals surface area contributed by atoms with Crippen molar-refractivity contribution >= 4 is 23.3 Å². The SMILES string of the molecule is COC(=O)c1c(F)cccc1N1CC(=O)CC1=O. The van der Waals surface area contributed by atoms with Crippen LogP contribution in [0.2, 0.25) is 0 Å². The molecule has 2 rings (SSSR count). The molecule has 1 heterocycles. The number of carbonyl (C=O) groups excluding carboxylic acids is 3. The van der Waals surface area contributed by atoms with Crippen LogP contribution in [0.3, 0.4) is 0 Å². The molecule has 1 aliphatic heterocycles. The predicted octanol–water partition coefficient (Wildman–Crippen LogP) is 0.918. The molecule has 1 aromatic carbocycles. The number of methoxy groups -OCH3 is 1. The van der Waals surface area contributed by atoms with Crippen molar-refractivity contribution in [1.82, 2.24) is 0 Å². The summed E-state index contributed by atoms with van der Waals surface area (Å²) in [6, 6.07) is 3.87. The Balaban J connectivity index is 2.51. The van der Waals surface area contributed by atoms with Crippen molar-refractivity contribution in [2.75, 3.05) is 18.6 Å². The van der Waals surface area contributed by atoms with Crippen LogP contribution in [0.5, 0.6) is 0 Å². The van der Waals surface area contributed by atoms with Crippen LogP contribution in [0.15, 0.2) is 18.2 Å². The fourth-order valence-electron chi connectivity index (χ4n) is 1.85. The van der Waals surface area contributed by atoms with E-state index in [-0.39, 0.29) is 30.0 Å². The van der Waals surface area contributed by atoms with E-state index in [9.17, 15) is 18.8 Å². The third-order valence-electron chi connectivity index (χ3n) is 2.66. The number of amides is 1. The zero-order chi connectivity index (χ0) is 13.3. The average Bonchev–Trinajstić information content (AvgIpc) is 2.67. The van der Waals surface area contributed by atoms with E-state index in [2.05, 4.69) is 4.74 Å². The van der Waals surface area contributed by atoms with Crippen molar-refractivity contribution < 1.29 is 23.5 Å². The van der Waals surface area contributed by atoms with Crippen LogP contribution in [0.25, 0.3) is 0 Å². The van der Waals surface area contributed by atoms with Crippen molar-refractivity contribution in [3.8, 4) is 0 Å². The molecule has 0 spiro atoms. The Hall–Kier alpha value is -2.24. The Morgan fingerprint density at radius 3 is 2.67 bits per heavy atom. The maximum absolute atomic E-state index is 13.6. The molecule has 0 radical (unpaired) electrons. The first-order chi connectivity index (χ1) is 8.54. The minimum Gasteiger partial charge on any atom is -0.465 e. The summed E-state index contributed by atoms with van der Waals surface area (Å²) in [5, 5.41) is 0. The summed E-state index contributed by atoms with van der Waals surface area (Å²) in [7, 11) is 1.12. The van der Waals surface area contributed by atoms with Gasteiger partial charge in [0.2, 0.25) is 5.91 Å². The predicted molar refractivity (Wildman–Crippen MR) is 59.7 cm³/mol. The number of esters is 1. The Morgan fingerprint density at radius 2 is 2.11 bits per heavy atom. The van der Waals surface area contributed by atoms with Gasteiger partial charge >= 0.3 is 5.97 Å². The molecule has 94 valence electrons. The third kappa shape index (κ3) is 1.97. The van der Waals surface area contributed by atoms with E-state index < -0.39 is 17.7 Å². The second-order valence-electron chi connectivity index (χ2n) is 3.82. The number of hydrogen-bond donors (Lipinski definition) is 0. The molecule has 1 aliphatic rings. The van der Waals surface area contributed by atoms with Gasteiger partial charge in [0, 0.05) is 0 Å². The van der Waals surface area contributed by atoms with Gasteiger partial charge in [-0.1, -0.05) is 6.07 Å². The molecule has 5 nitrogen and oxygen atoms in total. The van der Waals surface area contributed by atoms with Crippen LogP contribution in [-0.2, 0) is 14.3 Å². The molecule has 0 unspecified atom stereocenters. The molecule has 1 fully saturated rings. The second-order valence-corrected chi connectivity index (χ2v) is 3.82. The number of benzene rings is 1. The molecular formula is C12H10FNO4. The van der Waals surface area contributed by atoms with E-state index in [4.69, 9.17) is 0 Å². The van der Waals surface area contributed by atoms with Crippen molar-refractivity contribution in [2.45, 2.75) is 6.42 Å². The van der Waals surface area contributed by atoms with Crippen molar-refractivity contribution in [2.24, 2.45) is 0 Å². The number of Topliss-reactive ketones (excluding diaryl/α,β-unsaturated/α-hetero) is 1. The largest absolute Gasteiger partial charge is 0.465 e. The summed E-state index contributed by atoms with van der Waals surface area (Å²) in [5.74, 6) is -2.38. The zero-order valence-corrected chi connectivity index (χ0v) is 9.60. The van der Waals surface area contributed by atoms with E-state index in [0.717, 1.165) is 18.1 Å². The van der Waals surface area contributed by atoms with Crippen LogP contribution in [-0.4, -0.2) is 31.3 Å². The third-order valence-corrected chi connectivity index (χ3v) is 2.66. The summed E-state index contributed by atoms with van der Waals surface area (Å²) in [5.41, 5.74) is -0.263. The van der Waals surface area contributed by atoms with E-state index in [1.165, 1.54) is 12.1 Å². The van der Waals surface area contributed by atoms with Gasteiger partial charge in [0.15, 0.2) is 5.78 Å². The van der Waals surface area contributed by atoms with Crippen molar-refractivity contribution in [3.05, 3.63) is 29.6 Å². The number of ether oxygens (including phenoxy) is 1. The molecule has 1 saturated heterocycles. The fourth-order valence-corrected chi connectivity index (χ4v) is 1.85. The average molecular weight is 251 g/mol. The molecule has 18 heavy (non-hydrogen) atoms. The van der Waals surface area contributed by atoms with Crippen LogP contribution < -0.4 is 4.90 Å². The van der Waals surface area contributed by atoms with Crippen LogP contribution in [0, 0.1) is 5.82 Å². The van der Waals surface area contributed by atoms with Crippen molar-refractivity contribution in [3.63, 3.8) is 0 Å². The summed E-state index contributed by atoms with van der Waals surface area (Å²) in [6.07, 6.45) is -0.225. The van der Waals surface area contributed by atoms with Crippen LogP contribution >= 0.6 is 0 Å². The molecule has 0 atom stereocenters. The molecule has 6 heteroatoms. The minimum atomic E-state index is -0.879. The van der Waals surface area contributed by atoms with Gasteiger partial charge in [0.25, 0.3) is 0 Å². The normalized spacial score (nSPS) is 15.1. The number of hydrogen-bond acceptors (Lipinski definition) is 4. The summed E-state index contributed by atoms with van der Waals surface area (Å²) >= 11 is 0. The number of halogens is 1. The van der Waals surface area contributed by atoms with Gasteiger partial charge in [-0.25, -0.2) is 9.18 Å². The number of ketones is 1. The summed E-state index contributed by atoms with van der Waals surface area (Å²) < 4.78 is 18.1. The first-order valence-corrected chi connectivity index (χ1v) is 5.23. The monoisotopic (exact) mass is 251 g/mol. The van der Waals surface area contributed by atoms with E-state index in [1.807, 2.05) is 0 Å². The quantitative estimate of drug-likeness (QED) is 0.579. The van der Waals surface area contributed by atoms with Gasteiger partial charge in [0.05, 0.1) is 25.8 Å². The smallest absolute Gasteiger partial charge is 0.343 e. The van der Waals surface area contributed by atoms with E-state index >= 15 is 0 Å². The highest BCUT2D eigenvalue weighted by atomic mass is 19.1. The van der Waals surface area contributed by atoms with E-state index in [0.29, 0.717) is 0 Å². The number of carbonyl (C=O) groups is 3. The molecular weight excluding hydrogens is 241 g/mol. The number of nitrogens with zero attached hydrogens (tertiary/aromatic N) is 1. The topological polar surface area (TPSA) is 63.7 Å². The van der Waals surface area contributed by atoms with Crippen molar-refractivity contribution in [1.29, 1.82) is 0 Å². The minimum absolute atomic E-state index is 0.0673. The molecule has 0 N–H and O–H groups in total. The van der Waals surface area contributed by atoms with Gasteiger partial charge in [0.1, 0.15) is 11.4 Å². The van der Waals surface area contributed by atoms with Crippen LogP contribution in [0.4, 0.5) is 10.1 Å². The van der Waals surface area contributed by atoms with Gasteiger partial charge < -0.3 is 9.64 Å². The molecule has 0 saturated carbocycles. The lowest BCUT2D eigenvalue weighted by Gasteiger charge is -2.18. The Morgan fingerprint density at radius 1 is 1.39 bits per heavy atom. The zero-order valence-electron chi connectivity index (χ0n) is 9.60. The first-order valence-electron chi connectivity index (χ1n) is 5.23. The number of anilines is 1. The lowest BCUT2D eigenvalue weighted by atomic mass is 10.1. The standard InChI is InChI=1S/C12H10FNO4/c1-18-12(17)11-8(13)3-2-4-9(11)14-6-7(15)5-10(14)16/h2-4H,5-6H2,1H3. The van der Waals surface area contributed by atoms with E-state index in [1.54, 1.807) is 0 Å². The maximum atomic E-state index is 13.6. The first kappa shape index (κ1) is 12.2. The van der Waals surface area contributed by atoms with Crippen LogP contribution in [0.1, 0.15) is 16.8 Å². The molecule has 0 bridgehead atoms. The maximum Gasteiger partial charge on any atom is 0.343 e. The highest BCUT2D eigenvalue weighted by molar-refractivity contribution is 6.16. The Labute approximate surface area is 102 Å². The summed E-state index contributed by atoms with van der Waals surface area (Å²) in [4.78, 5) is 35.4. The molecule has 1 amide bonds. The van der Waals surface area contributed by atoms with Gasteiger partial charge in [-0.05, 0) is 12.1 Å². The molecule has 0 aromatic heterocycles. The highest BCUT2D eigenvalue weighted by Crippen LogP contribution is 2.27. The van der Waals surface area contributed by atoms with Gasteiger partial charge in [-0.3, -0.25) is 9.59 Å². The summed E-state index contributed by atoms with van der Waals surface area (Å²) in [6.45, 7) is -0.147. The number of rotatable bonds is 2. The van der Waals surface area contributed by atoms with Gasteiger partial charge in [-0.15, -0.1) is 0 Å². The fraction of sp³-hybridized carbons (Fsp3) is 0.250. The lowest BCUT2D eigenvalue weighted by molar-refractivity contribution is -0.121. The second kappa shape index (κ2) is 4.56. The Kier molecular flexibility index (Phi) is 3.10. The van der Waals surface area contributed by atoms with Gasteiger partial charge in [-0.2, -0.15) is 0 Å². The highest BCUT2D eigenvalue weighted by Gasteiger charge is 2.32. The Bertz CT molecular complexity index is 541. The lowest BCUT2D eigenvalue weighted by Crippen LogP contribution is -2.27. The molecule has 0 aliphatic carbocycles. The molecule has 1 aromatic rings.